The van der Waals surface area contributed by atoms with Crippen LogP contribution in [0.25, 0.3) is 0 Å². The Hall–Kier alpha value is -2.05. The highest BCUT2D eigenvalue weighted by Gasteiger charge is 2.46. The first kappa shape index (κ1) is 19.3. The third-order valence-electron chi connectivity index (χ3n) is 3.79. The van der Waals surface area contributed by atoms with E-state index >= 15 is 0 Å². The normalized spacial score (nSPS) is 25.9. The summed E-state index contributed by atoms with van der Waals surface area (Å²) in [7, 11) is 0. The Labute approximate surface area is 142 Å². The molecule has 11 heteroatoms. The average Bonchev–Trinajstić information content (AvgIpc) is 2.90. The Morgan fingerprint density at radius 1 is 1.52 bits per heavy atom. The molecule has 140 valence electrons. The van der Waals surface area contributed by atoms with Crippen molar-refractivity contribution in [2.24, 2.45) is 5.73 Å². The number of aliphatic hydroxyl groups excluding tert-OH is 2. The Bertz CT molecular complexity index is 716. The van der Waals surface area contributed by atoms with Crippen LogP contribution < -0.4 is 22.3 Å². The van der Waals surface area contributed by atoms with Crippen molar-refractivity contribution in [3.8, 4) is 0 Å². The maximum atomic E-state index is 12.0. The number of aromatic nitrogens is 2. The number of hydrogen-bond donors (Lipinski definition) is 5. The first-order valence-corrected chi connectivity index (χ1v) is 7.73. The third kappa shape index (κ3) is 4.32. The number of aryl methyl sites for hydroxylation is 1. The minimum atomic E-state index is -1.27. The summed E-state index contributed by atoms with van der Waals surface area (Å²) in [5, 5.41) is 22.0. The van der Waals surface area contributed by atoms with Crippen LogP contribution in [-0.2, 0) is 14.3 Å². The van der Waals surface area contributed by atoms with Crippen LogP contribution >= 0.6 is 0 Å². The van der Waals surface area contributed by atoms with E-state index in [1.54, 1.807) is 0 Å². The molecule has 1 aliphatic heterocycles. The number of ether oxygens (including phenoxy) is 2. The van der Waals surface area contributed by atoms with E-state index in [4.69, 9.17) is 15.2 Å². The van der Waals surface area contributed by atoms with Crippen LogP contribution in [0.2, 0.25) is 0 Å². The summed E-state index contributed by atoms with van der Waals surface area (Å²) in [6.07, 6.45) is -3.21. The first-order chi connectivity index (χ1) is 11.9. The maximum absolute atomic E-state index is 12.0. The van der Waals surface area contributed by atoms with Gasteiger partial charge >= 0.3 is 5.69 Å². The molecule has 1 aromatic rings. The number of H-pyrrole nitrogens is 1. The lowest BCUT2D eigenvalue weighted by Gasteiger charge is -2.22. The van der Waals surface area contributed by atoms with E-state index in [-0.39, 0.29) is 18.7 Å². The zero-order valence-electron chi connectivity index (χ0n) is 13.7. The van der Waals surface area contributed by atoms with Crippen LogP contribution in [0.1, 0.15) is 11.8 Å². The van der Waals surface area contributed by atoms with Gasteiger partial charge in [0.1, 0.15) is 24.9 Å². The van der Waals surface area contributed by atoms with Crippen LogP contribution in [0.15, 0.2) is 15.8 Å². The molecular formula is C14H22N4O7. The fraction of sp³-hybridized carbons (Fsp3) is 0.643. The van der Waals surface area contributed by atoms with Crippen molar-refractivity contribution in [2.75, 3.05) is 26.3 Å². The van der Waals surface area contributed by atoms with E-state index in [9.17, 15) is 24.6 Å². The molecular weight excluding hydrogens is 336 g/mol. The number of amides is 1. The molecule has 6 N–H and O–H groups in total. The summed E-state index contributed by atoms with van der Waals surface area (Å²) in [6, 6.07) is 0. The molecule has 0 saturated carbocycles. The minimum Gasteiger partial charge on any atom is -0.394 e. The maximum Gasteiger partial charge on any atom is 0.330 e. The number of carbonyl (C=O) groups excluding carboxylic acids is 1. The predicted molar refractivity (Wildman–Crippen MR) is 84.9 cm³/mol. The number of nitrogens with zero attached hydrogens (tertiary/aromatic N) is 1. The second kappa shape index (κ2) is 8.36. The van der Waals surface area contributed by atoms with Crippen LogP contribution in [0.5, 0.6) is 0 Å². The predicted octanol–water partition coefficient (Wildman–Crippen LogP) is -3.44. The van der Waals surface area contributed by atoms with E-state index in [1.165, 1.54) is 13.1 Å². The molecule has 4 atom stereocenters. The zero-order chi connectivity index (χ0) is 18.6. The minimum absolute atomic E-state index is 0.254. The monoisotopic (exact) mass is 358 g/mol. The van der Waals surface area contributed by atoms with Crippen molar-refractivity contribution >= 4 is 5.91 Å². The van der Waals surface area contributed by atoms with Gasteiger partial charge in [-0.05, 0) is 6.92 Å². The smallest absolute Gasteiger partial charge is 0.330 e. The zero-order valence-corrected chi connectivity index (χ0v) is 13.7. The number of rotatable bonds is 7. The van der Waals surface area contributed by atoms with Gasteiger partial charge in [-0.2, -0.15) is 0 Å². The lowest BCUT2D eigenvalue weighted by Crippen LogP contribution is -2.42. The SMILES string of the molecule is Cc1cn([C@@H]2O[C@H](CO)[C@@H](O)[C@H]2OCC(=O)NCCN)c(=O)[nH]c1=O. The molecule has 2 heterocycles. The molecule has 2 rings (SSSR count). The summed E-state index contributed by atoms with van der Waals surface area (Å²) in [4.78, 5) is 37.3. The number of nitrogens with one attached hydrogen (secondary N) is 2. The van der Waals surface area contributed by atoms with Crippen molar-refractivity contribution in [2.45, 2.75) is 31.5 Å². The second-order valence-electron chi connectivity index (χ2n) is 5.63. The molecule has 11 nitrogen and oxygen atoms in total. The van der Waals surface area contributed by atoms with Crippen LogP contribution in [0.3, 0.4) is 0 Å². The summed E-state index contributed by atoms with van der Waals surface area (Å²) < 4.78 is 11.9. The number of aliphatic hydroxyl groups is 2. The average molecular weight is 358 g/mol. The molecule has 1 fully saturated rings. The van der Waals surface area contributed by atoms with E-state index in [2.05, 4.69) is 10.3 Å². The molecule has 0 unspecified atom stereocenters. The summed E-state index contributed by atoms with van der Waals surface area (Å²) >= 11 is 0. The molecule has 1 amide bonds. The molecule has 1 aromatic heterocycles. The summed E-state index contributed by atoms with van der Waals surface area (Å²) in [5.74, 6) is -0.450. The van der Waals surface area contributed by atoms with E-state index in [0.29, 0.717) is 0 Å². The van der Waals surface area contributed by atoms with Gasteiger partial charge in [-0.25, -0.2) is 4.79 Å². The standard InChI is InChI=1S/C14H22N4O7/c1-7-4-18(14(23)17-12(7)22)13-11(10(21)8(5-19)25-13)24-6-9(20)16-3-2-15/h4,8,10-11,13,19,21H,2-3,5-6,15H2,1H3,(H,16,20)(H,17,22,23)/t8-,10-,11-,13-/m1/s1. The van der Waals surface area contributed by atoms with Gasteiger partial charge in [0, 0.05) is 24.8 Å². The van der Waals surface area contributed by atoms with Gasteiger partial charge in [0.15, 0.2) is 6.23 Å². The van der Waals surface area contributed by atoms with Crippen molar-refractivity contribution < 1.29 is 24.5 Å². The van der Waals surface area contributed by atoms with E-state index < -0.39 is 54.9 Å². The Morgan fingerprint density at radius 2 is 2.24 bits per heavy atom. The number of aromatic amines is 1. The topological polar surface area (TPSA) is 169 Å². The molecule has 0 spiro atoms. The van der Waals surface area contributed by atoms with Crippen LogP contribution in [0, 0.1) is 6.92 Å². The molecule has 0 bridgehead atoms. The largest absolute Gasteiger partial charge is 0.394 e. The molecule has 1 aliphatic rings. The Balaban J connectivity index is 2.22. The molecule has 0 radical (unpaired) electrons. The van der Waals surface area contributed by atoms with Gasteiger partial charge in [-0.3, -0.25) is 19.1 Å². The van der Waals surface area contributed by atoms with Crippen LogP contribution in [0.4, 0.5) is 0 Å². The van der Waals surface area contributed by atoms with Crippen molar-refractivity contribution in [1.82, 2.24) is 14.9 Å². The highest BCUT2D eigenvalue weighted by molar-refractivity contribution is 5.77. The lowest BCUT2D eigenvalue weighted by molar-refractivity contribution is -0.133. The Kier molecular flexibility index (Phi) is 6.45. The van der Waals surface area contributed by atoms with E-state index in [1.807, 2.05) is 0 Å². The first-order valence-electron chi connectivity index (χ1n) is 7.73. The quantitative estimate of drug-likeness (QED) is 0.335. The third-order valence-corrected chi connectivity index (χ3v) is 3.79. The van der Waals surface area contributed by atoms with Crippen molar-refractivity contribution in [3.63, 3.8) is 0 Å². The molecule has 0 aromatic carbocycles. The van der Waals surface area contributed by atoms with Gasteiger partial charge < -0.3 is 30.7 Å². The second-order valence-corrected chi connectivity index (χ2v) is 5.63. The Morgan fingerprint density at radius 3 is 2.88 bits per heavy atom. The molecule has 1 saturated heterocycles. The van der Waals surface area contributed by atoms with Gasteiger partial charge in [0.25, 0.3) is 5.56 Å². The van der Waals surface area contributed by atoms with Crippen LogP contribution in [-0.4, -0.2) is 70.3 Å². The van der Waals surface area contributed by atoms with Crippen molar-refractivity contribution in [3.05, 3.63) is 32.6 Å². The number of carbonyl (C=O) groups is 1. The highest BCUT2D eigenvalue weighted by atomic mass is 16.6. The fourth-order valence-corrected chi connectivity index (χ4v) is 2.48. The highest BCUT2D eigenvalue weighted by Crippen LogP contribution is 2.30. The van der Waals surface area contributed by atoms with Crippen molar-refractivity contribution in [1.29, 1.82) is 0 Å². The molecule has 0 aliphatic carbocycles. The van der Waals surface area contributed by atoms with Gasteiger partial charge in [-0.15, -0.1) is 0 Å². The van der Waals surface area contributed by atoms with Gasteiger partial charge in [0.05, 0.1) is 6.61 Å². The lowest BCUT2D eigenvalue weighted by atomic mass is 10.1. The summed E-state index contributed by atoms with van der Waals surface area (Å²) in [5.41, 5.74) is 4.24. The number of nitrogens with two attached hydrogens (primary N) is 1. The number of hydrogen-bond acceptors (Lipinski definition) is 8. The fourth-order valence-electron chi connectivity index (χ4n) is 2.48. The molecule has 25 heavy (non-hydrogen) atoms. The van der Waals surface area contributed by atoms with Gasteiger partial charge in [0.2, 0.25) is 5.91 Å². The van der Waals surface area contributed by atoms with Gasteiger partial charge in [-0.1, -0.05) is 0 Å². The summed E-state index contributed by atoms with van der Waals surface area (Å²) in [6.45, 7) is 1.14. The van der Waals surface area contributed by atoms with E-state index in [0.717, 1.165) is 4.57 Å².